The van der Waals surface area contributed by atoms with Crippen LogP contribution in [0.4, 0.5) is 0 Å². The molecule has 3 aromatic heterocycles. The van der Waals surface area contributed by atoms with Gasteiger partial charge in [-0.15, -0.1) is 0 Å². The molecule has 1 aliphatic heterocycles. The van der Waals surface area contributed by atoms with Crippen LogP contribution in [0.1, 0.15) is 25.0 Å². The molecule has 3 aromatic rings. The van der Waals surface area contributed by atoms with E-state index in [1.807, 2.05) is 12.3 Å². The van der Waals surface area contributed by atoms with Gasteiger partial charge in [0, 0.05) is 51.6 Å². The van der Waals surface area contributed by atoms with Gasteiger partial charge in [0.15, 0.2) is 5.43 Å². The highest BCUT2D eigenvalue weighted by Gasteiger charge is 2.20. The zero-order valence-electron chi connectivity index (χ0n) is 17.1. The van der Waals surface area contributed by atoms with E-state index in [0.29, 0.717) is 12.0 Å². The van der Waals surface area contributed by atoms with E-state index < -0.39 is 8.07 Å². The Morgan fingerprint density at radius 3 is 2.71 bits per heavy atom. The van der Waals surface area contributed by atoms with Crippen LogP contribution >= 0.6 is 0 Å². The molecule has 1 aliphatic rings. The summed E-state index contributed by atoms with van der Waals surface area (Å²) in [5.74, 6) is 0. The Balaban J connectivity index is 1.79. The number of aromatic amines is 1. The van der Waals surface area contributed by atoms with Crippen LogP contribution in [0.25, 0.3) is 21.9 Å². The molecule has 1 fully saturated rings. The minimum Gasteiger partial charge on any atom is -0.375 e. The number of hydrogen-bond donors (Lipinski definition) is 1. The van der Waals surface area contributed by atoms with Gasteiger partial charge in [0.1, 0.15) is 5.65 Å². The van der Waals surface area contributed by atoms with Crippen LogP contribution in [0.5, 0.6) is 0 Å². The molecule has 4 heterocycles. The van der Waals surface area contributed by atoms with Gasteiger partial charge < -0.3 is 14.7 Å². The molecule has 0 radical (unpaired) electrons. The van der Waals surface area contributed by atoms with Crippen molar-refractivity contribution in [3.05, 3.63) is 40.4 Å². The smallest absolute Gasteiger partial charge is 0.191 e. The molecule has 0 aliphatic carbocycles. The summed E-state index contributed by atoms with van der Waals surface area (Å²) in [6.07, 6.45) is 7.19. The Labute approximate surface area is 166 Å². The maximum atomic E-state index is 12.9. The number of piperidine rings is 1. The average Bonchev–Trinajstić information content (AvgIpc) is 3.14. The quantitative estimate of drug-likeness (QED) is 0.506. The first kappa shape index (κ1) is 19.2. The van der Waals surface area contributed by atoms with Crippen molar-refractivity contribution in [2.24, 2.45) is 0 Å². The molecule has 0 aromatic carbocycles. The molecule has 1 N–H and O–H groups in total. The fraction of sp³-hybridized carbons (Fsp3) is 0.524. The summed E-state index contributed by atoms with van der Waals surface area (Å²) in [4.78, 5) is 20.5. The standard InChI is InChI=1S/C21H30N4O2Si/c1-28(2,3)12-11-27-15-16-13-19(26)18-14-23-21-17(7-8-22-21)20(18)25(16)24-9-5-4-6-10-24/h7-8,13-14H,4-6,9-12,15H2,1-3H3,(H,22,23). The second kappa shape index (κ2) is 7.71. The lowest BCUT2D eigenvalue weighted by Gasteiger charge is -2.34. The van der Waals surface area contributed by atoms with Crippen molar-refractivity contribution in [1.82, 2.24) is 14.6 Å². The zero-order chi connectivity index (χ0) is 19.7. The van der Waals surface area contributed by atoms with Crippen molar-refractivity contribution in [2.45, 2.75) is 51.6 Å². The summed E-state index contributed by atoms with van der Waals surface area (Å²) in [6.45, 7) is 10.3. The van der Waals surface area contributed by atoms with Crippen LogP contribution in [0, 0.1) is 0 Å². The van der Waals surface area contributed by atoms with Crippen molar-refractivity contribution in [1.29, 1.82) is 0 Å². The highest BCUT2D eigenvalue weighted by Crippen LogP contribution is 2.24. The molecule has 0 bridgehead atoms. The van der Waals surface area contributed by atoms with E-state index in [0.717, 1.165) is 48.0 Å². The van der Waals surface area contributed by atoms with Crippen molar-refractivity contribution in [2.75, 3.05) is 24.7 Å². The summed E-state index contributed by atoms with van der Waals surface area (Å²) < 4.78 is 8.29. The largest absolute Gasteiger partial charge is 0.375 e. The molecule has 0 saturated carbocycles. The molecule has 0 amide bonds. The number of hydrogen-bond acceptors (Lipinski definition) is 4. The van der Waals surface area contributed by atoms with Crippen molar-refractivity contribution in [3.63, 3.8) is 0 Å². The number of nitrogens with zero attached hydrogens (tertiary/aromatic N) is 3. The lowest BCUT2D eigenvalue weighted by Crippen LogP contribution is -2.41. The van der Waals surface area contributed by atoms with E-state index in [2.05, 4.69) is 39.3 Å². The van der Waals surface area contributed by atoms with Gasteiger partial charge in [0.05, 0.1) is 23.2 Å². The number of fused-ring (bicyclic) bond motifs is 3. The van der Waals surface area contributed by atoms with Gasteiger partial charge in [0.25, 0.3) is 0 Å². The molecule has 4 rings (SSSR count). The molecule has 0 atom stereocenters. The van der Waals surface area contributed by atoms with Crippen LogP contribution in [-0.2, 0) is 11.3 Å². The molecule has 1 saturated heterocycles. The number of aromatic nitrogens is 3. The number of H-pyrrole nitrogens is 1. The topological polar surface area (TPSA) is 63.1 Å². The van der Waals surface area contributed by atoms with E-state index in [9.17, 15) is 4.79 Å². The summed E-state index contributed by atoms with van der Waals surface area (Å²) in [7, 11) is -1.14. The minimum absolute atomic E-state index is 0.0163. The number of rotatable bonds is 6. The van der Waals surface area contributed by atoms with Gasteiger partial charge in [-0.1, -0.05) is 19.6 Å². The van der Waals surface area contributed by atoms with E-state index in [4.69, 9.17) is 4.74 Å². The summed E-state index contributed by atoms with van der Waals surface area (Å²) in [5.41, 5.74) is 2.71. The summed E-state index contributed by atoms with van der Waals surface area (Å²) in [5, 5.41) is 4.03. The molecule has 150 valence electrons. The molecular weight excluding hydrogens is 368 g/mol. The van der Waals surface area contributed by atoms with Crippen molar-refractivity contribution >= 4 is 30.0 Å². The van der Waals surface area contributed by atoms with Gasteiger partial charge in [-0.25, -0.2) is 4.98 Å². The lowest BCUT2D eigenvalue weighted by atomic mass is 10.1. The Morgan fingerprint density at radius 1 is 1.18 bits per heavy atom. The first-order chi connectivity index (χ1) is 13.4. The van der Waals surface area contributed by atoms with Crippen molar-refractivity contribution < 1.29 is 4.74 Å². The zero-order valence-corrected chi connectivity index (χ0v) is 18.1. The first-order valence-corrected chi connectivity index (χ1v) is 14.0. The molecule has 7 heteroatoms. The van der Waals surface area contributed by atoms with Crippen LogP contribution in [0.15, 0.2) is 29.3 Å². The molecule has 28 heavy (non-hydrogen) atoms. The third kappa shape index (κ3) is 3.86. The SMILES string of the molecule is C[Si](C)(C)CCOCc1cc(=O)c2cnc3[nH]ccc3c2n1N1CCCCC1. The van der Waals surface area contributed by atoms with E-state index in [1.54, 1.807) is 12.3 Å². The lowest BCUT2D eigenvalue weighted by molar-refractivity contribution is 0.127. The Hall–Kier alpha value is -2.12. The average molecular weight is 399 g/mol. The van der Waals surface area contributed by atoms with Crippen LogP contribution < -0.4 is 10.4 Å². The molecule has 0 spiro atoms. The predicted octanol–water partition coefficient (Wildman–Crippen LogP) is 3.85. The van der Waals surface area contributed by atoms with Gasteiger partial charge in [-0.2, -0.15) is 0 Å². The maximum Gasteiger partial charge on any atom is 0.191 e. The van der Waals surface area contributed by atoms with Crippen molar-refractivity contribution in [3.8, 4) is 0 Å². The van der Waals surface area contributed by atoms with Crippen LogP contribution in [0.2, 0.25) is 25.7 Å². The van der Waals surface area contributed by atoms with Crippen LogP contribution in [-0.4, -0.2) is 42.4 Å². The predicted molar refractivity (Wildman–Crippen MR) is 117 cm³/mol. The molecule has 0 unspecified atom stereocenters. The second-order valence-corrected chi connectivity index (χ2v) is 14.6. The third-order valence-corrected chi connectivity index (χ3v) is 7.17. The molecular formula is C21H30N4O2Si. The van der Waals surface area contributed by atoms with E-state index in [1.165, 1.54) is 19.3 Å². The fourth-order valence-electron chi connectivity index (χ4n) is 3.89. The number of ether oxygens (including phenoxy) is 1. The maximum absolute atomic E-state index is 12.9. The summed E-state index contributed by atoms with van der Waals surface area (Å²) in [6, 6.07) is 4.88. The summed E-state index contributed by atoms with van der Waals surface area (Å²) >= 11 is 0. The van der Waals surface area contributed by atoms with E-state index >= 15 is 0 Å². The Bertz CT molecular complexity index is 1030. The van der Waals surface area contributed by atoms with Gasteiger partial charge >= 0.3 is 0 Å². The second-order valence-electron chi connectivity index (χ2n) is 8.95. The number of nitrogens with one attached hydrogen (secondary N) is 1. The minimum atomic E-state index is -1.14. The highest BCUT2D eigenvalue weighted by atomic mass is 28.3. The monoisotopic (exact) mass is 398 g/mol. The fourth-order valence-corrected chi connectivity index (χ4v) is 4.65. The Morgan fingerprint density at radius 2 is 1.96 bits per heavy atom. The highest BCUT2D eigenvalue weighted by molar-refractivity contribution is 6.76. The Kier molecular flexibility index (Phi) is 5.29. The third-order valence-electron chi connectivity index (χ3n) is 5.47. The van der Waals surface area contributed by atoms with Crippen LogP contribution in [0.3, 0.4) is 0 Å². The molecule has 6 nitrogen and oxygen atoms in total. The van der Waals surface area contributed by atoms with E-state index in [-0.39, 0.29) is 5.43 Å². The first-order valence-electron chi connectivity index (χ1n) is 10.3. The van der Waals surface area contributed by atoms with Gasteiger partial charge in [-0.05, 0) is 31.4 Å². The number of pyridine rings is 2. The van der Waals surface area contributed by atoms with Gasteiger partial charge in [-0.3, -0.25) is 9.47 Å². The normalized spacial score (nSPS) is 15.6. The van der Waals surface area contributed by atoms with Gasteiger partial charge in [0.2, 0.25) is 0 Å².